The lowest BCUT2D eigenvalue weighted by Crippen LogP contribution is -2.60. The first kappa shape index (κ1) is 11.9. The first-order chi connectivity index (χ1) is 7.73. The molecule has 1 heterocycles. The Kier molecular flexibility index (Phi) is 3.82. The summed E-state index contributed by atoms with van der Waals surface area (Å²) >= 11 is 0. The molecule has 1 aliphatic heterocycles. The average molecular weight is 226 g/mol. The van der Waals surface area contributed by atoms with E-state index in [1.165, 1.54) is 19.3 Å². The Morgan fingerprint density at radius 1 is 1.19 bits per heavy atom. The van der Waals surface area contributed by atoms with Crippen molar-refractivity contribution in [2.45, 2.75) is 56.5 Å². The van der Waals surface area contributed by atoms with Crippen LogP contribution in [-0.2, 0) is 4.79 Å². The zero-order valence-electron chi connectivity index (χ0n) is 9.80. The van der Waals surface area contributed by atoms with Gasteiger partial charge in [-0.05, 0) is 38.8 Å². The fraction of sp³-hybridized carbons (Fsp3) is 0.917. The highest BCUT2D eigenvalue weighted by atomic mass is 16.4. The maximum Gasteiger partial charge on any atom is 0.324 e. The molecule has 1 aliphatic carbocycles. The van der Waals surface area contributed by atoms with Crippen LogP contribution in [0.5, 0.6) is 0 Å². The summed E-state index contributed by atoms with van der Waals surface area (Å²) in [5.74, 6) is -0.667. The number of hydrogen-bond donors (Lipinski definition) is 3. The summed E-state index contributed by atoms with van der Waals surface area (Å²) < 4.78 is 0. The van der Waals surface area contributed by atoms with Crippen molar-refractivity contribution in [2.24, 2.45) is 0 Å². The third-order valence-electron chi connectivity index (χ3n) is 3.95. The van der Waals surface area contributed by atoms with Crippen LogP contribution in [0.15, 0.2) is 0 Å². The Hall–Kier alpha value is -0.610. The number of hydrogen-bond acceptors (Lipinski definition) is 3. The fourth-order valence-corrected chi connectivity index (χ4v) is 2.91. The Morgan fingerprint density at radius 2 is 1.81 bits per heavy atom. The van der Waals surface area contributed by atoms with E-state index in [1.54, 1.807) is 0 Å². The van der Waals surface area contributed by atoms with Crippen molar-refractivity contribution in [3.63, 3.8) is 0 Å². The zero-order chi connectivity index (χ0) is 11.4. The molecule has 0 atom stereocenters. The maximum absolute atomic E-state index is 11.5. The topological polar surface area (TPSA) is 61.4 Å². The SMILES string of the molecule is O=C(O)C1(NC2CCCCC2)CCNCC1. The van der Waals surface area contributed by atoms with Crippen molar-refractivity contribution in [1.82, 2.24) is 10.6 Å². The minimum absolute atomic E-state index is 0.419. The smallest absolute Gasteiger partial charge is 0.324 e. The molecule has 0 aromatic rings. The summed E-state index contributed by atoms with van der Waals surface area (Å²) in [5.41, 5.74) is -0.659. The summed E-state index contributed by atoms with van der Waals surface area (Å²) in [4.78, 5) is 11.5. The minimum Gasteiger partial charge on any atom is -0.480 e. The predicted octanol–water partition coefficient (Wildman–Crippen LogP) is 1.12. The first-order valence-electron chi connectivity index (χ1n) is 6.45. The van der Waals surface area contributed by atoms with Gasteiger partial charge in [-0.15, -0.1) is 0 Å². The standard InChI is InChI=1S/C12H22N2O2/c15-11(16)12(6-8-13-9-7-12)14-10-4-2-1-3-5-10/h10,13-14H,1-9H2,(H,15,16). The Morgan fingerprint density at radius 3 is 2.38 bits per heavy atom. The van der Waals surface area contributed by atoms with Crippen LogP contribution in [0.4, 0.5) is 0 Å². The molecule has 0 radical (unpaired) electrons. The molecule has 2 rings (SSSR count). The van der Waals surface area contributed by atoms with Gasteiger partial charge in [-0.2, -0.15) is 0 Å². The van der Waals surface area contributed by atoms with Crippen molar-refractivity contribution in [2.75, 3.05) is 13.1 Å². The molecule has 1 saturated heterocycles. The van der Waals surface area contributed by atoms with Gasteiger partial charge in [-0.25, -0.2) is 0 Å². The molecule has 2 fully saturated rings. The molecule has 0 spiro atoms. The maximum atomic E-state index is 11.5. The van der Waals surface area contributed by atoms with Gasteiger partial charge in [0.2, 0.25) is 0 Å². The van der Waals surface area contributed by atoms with E-state index in [1.807, 2.05) is 0 Å². The van der Waals surface area contributed by atoms with E-state index in [4.69, 9.17) is 0 Å². The van der Waals surface area contributed by atoms with Gasteiger partial charge in [0, 0.05) is 6.04 Å². The molecular formula is C12H22N2O2. The van der Waals surface area contributed by atoms with Gasteiger partial charge in [-0.3, -0.25) is 10.1 Å². The van der Waals surface area contributed by atoms with Crippen molar-refractivity contribution < 1.29 is 9.90 Å². The van der Waals surface area contributed by atoms with Crippen LogP contribution in [0.1, 0.15) is 44.9 Å². The van der Waals surface area contributed by atoms with E-state index >= 15 is 0 Å². The molecule has 0 unspecified atom stereocenters. The molecule has 0 aromatic carbocycles. The van der Waals surface area contributed by atoms with Crippen molar-refractivity contribution >= 4 is 5.97 Å². The van der Waals surface area contributed by atoms with Gasteiger partial charge in [0.15, 0.2) is 0 Å². The van der Waals surface area contributed by atoms with Crippen LogP contribution >= 0.6 is 0 Å². The highest BCUT2D eigenvalue weighted by Crippen LogP contribution is 2.24. The van der Waals surface area contributed by atoms with Crippen LogP contribution in [0.2, 0.25) is 0 Å². The summed E-state index contributed by atoms with van der Waals surface area (Å²) in [7, 11) is 0. The molecular weight excluding hydrogens is 204 g/mol. The lowest BCUT2D eigenvalue weighted by molar-refractivity contribution is -0.146. The summed E-state index contributed by atoms with van der Waals surface area (Å²) in [5, 5.41) is 16.1. The Balaban J connectivity index is 1.98. The van der Waals surface area contributed by atoms with E-state index < -0.39 is 11.5 Å². The number of rotatable bonds is 3. The van der Waals surface area contributed by atoms with Gasteiger partial charge < -0.3 is 10.4 Å². The number of carboxylic acid groups (broad SMARTS) is 1. The second-order valence-corrected chi connectivity index (χ2v) is 5.12. The molecule has 16 heavy (non-hydrogen) atoms. The normalized spacial score (nSPS) is 26.5. The van der Waals surface area contributed by atoms with Gasteiger partial charge in [0.1, 0.15) is 5.54 Å². The molecule has 1 saturated carbocycles. The number of nitrogens with one attached hydrogen (secondary N) is 2. The van der Waals surface area contributed by atoms with E-state index in [-0.39, 0.29) is 0 Å². The first-order valence-corrected chi connectivity index (χ1v) is 6.45. The van der Waals surface area contributed by atoms with Gasteiger partial charge >= 0.3 is 5.97 Å². The summed E-state index contributed by atoms with van der Waals surface area (Å²) in [6.07, 6.45) is 7.49. The zero-order valence-corrected chi connectivity index (χ0v) is 9.80. The fourth-order valence-electron chi connectivity index (χ4n) is 2.91. The lowest BCUT2D eigenvalue weighted by atomic mass is 9.85. The van der Waals surface area contributed by atoms with Crippen LogP contribution in [0, 0.1) is 0 Å². The molecule has 4 nitrogen and oxygen atoms in total. The van der Waals surface area contributed by atoms with Crippen LogP contribution in [0.3, 0.4) is 0 Å². The van der Waals surface area contributed by atoms with E-state index in [9.17, 15) is 9.90 Å². The monoisotopic (exact) mass is 226 g/mol. The third-order valence-corrected chi connectivity index (χ3v) is 3.95. The minimum atomic E-state index is -0.667. The van der Waals surface area contributed by atoms with Crippen molar-refractivity contribution in [3.8, 4) is 0 Å². The van der Waals surface area contributed by atoms with Gasteiger partial charge in [0.05, 0.1) is 0 Å². The third kappa shape index (κ3) is 2.55. The lowest BCUT2D eigenvalue weighted by Gasteiger charge is -2.39. The van der Waals surface area contributed by atoms with Crippen LogP contribution in [0.25, 0.3) is 0 Å². The molecule has 0 bridgehead atoms. The second kappa shape index (κ2) is 5.15. The molecule has 2 aliphatic rings. The molecule has 0 aromatic heterocycles. The highest BCUT2D eigenvalue weighted by molar-refractivity contribution is 5.79. The van der Waals surface area contributed by atoms with Crippen molar-refractivity contribution in [1.29, 1.82) is 0 Å². The van der Waals surface area contributed by atoms with Crippen LogP contribution < -0.4 is 10.6 Å². The number of piperidine rings is 1. The molecule has 0 amide bonds. The highest BCUT2D eigenvalue weighted by Gasteiger charge is 2.41. The molecule has 3 N–H and O–H groups in total. The molecule has 92 valence electrons. The number of carboxylic acids is 1. The molecule has 4 heteroatoms. The van der Waals surface area contributed by atoms with Crippen molar-refractivity contribution in [3.05, 3.63) is 0 Å². The van der Waals surface area contributed by atoms with E-state index in [0.717, 1.165) is 25.9 Å². The van der Waals surface area contributed by atoms with Crippen LogP contribution in [-0.4, -0.2) is 35.7 Å². The van der Waals surface area contributed by atoms with E-state index in [2.05, 4.69) is 10.6 Å². The number of aliphatic carboxylic acids is 1. The quantitative estimate of drug-likeness (QED) is 0.675. The van der Waals surface area contributed by atoms with Gasteiger partial charge in [-0.1, -0.05) is 19.3 Å². The predicted molar refractivity (Wildman–Crippen MR) is 62.5 cm³/mol. The second-order valence-electron chi connectivity index (χ2n) is 5.12. The summed E-state index contributed by atoms with van der Waals surface area (Å²) in [6, 6.07) is 0.419. The number of carbonyl (C=O) groups is 1. The Bertz CT molecular complexity index is 243. The average Bonchev–Trinajstić information content (AvgIpc) is 2.31. The Labute approximate surface area is 96.8 Å². The summed E-state index contributed by atoms with van der Waals surface area (Å²) in [6.45, 7) is 1.62. The van der Waals surface area contributed by atoms with Gasteiger partial charge in [0.25, 0.3) is 0 Å². The van der Waals surface area contributed by atoms with E-state index in [0.29, 0.717) is 18.9 Å². The largest absolute Gasteiger partial charge is 0.480 e.